The Labute approximate surface area is 217 Å². The minimum absolute atomic E-state index is 0.0719. The van der Waals surface area contributed by atoms with Crippen molar-refractivity contribution in [3.05, 3.63) is 81.3 Å². The number of carbonyl (C=O) groups is 2. The first-order valence-corrected chi connectivity index (χ1v) is 13.8. The molecule has 1 aliphatic rings. The molecule has 8 nitrogen and oxygen atoms in total. The summed E-state index contributed by atoms with van der Waals surface area (Å²) >= 11 is -0.616. The first kappa shape index (κ1) is 26.0. The summed E-state index contributed by atoms with van der Waals surface area (Å²) in [6, 6.07) is 17.9. The summed E-state index contributed by atoms with van der Waals surface area (Å²) in [5.74, 6) is 0.238. The van der Waals surface area contributed by atoms with Crippen molar-refractivity contribution < 1.29 is 18.5 Å². The summed E-state index contributed by atoms with van der Waals surface area (Å²) in [5.41, 5.74) is 1.85. The van der Waals surface area contributed by atoms with Gasteiger partial charge in [-0.15, -0.1) is 11.3 Å². The van der Waals surface area contributed by atoms with E-state index < -0.39 is 22.5 Å². The maximum atomic E-state index is 13.9. The largest absolute Gasteiger partial charge is 0.497 e. The molecule has 0 bridgehead atoms. The lowest BCUT2D eigenvalue weighted by Crippen LogP contribution is -2.39. The fourth-order valence-electron chi connectivity index (χ4n) is 4.37. The highest BCUT2D eigenvalue weighted by Crippen LogP contribution is 2.50. The van der Waals surface area contributed by atoms with Crippen molar-refractivity contribution in [1.82, 2.24) is 14.6 Å². The number of aryl methyl sites for hydroxylation is 2. The lowest BCUT2D eigenvalue weighted by molar-refractivity contribution is -0.134. The Balaban J connectivity index is 1.55. The highest BCUT2D eigenvalue weighted by atomic mass is 32.2. The number of nitrogens with one attached hydrogen (secondary N) is 1. The maximum absolute atomic E-state index is 13.9. The first-order chi connectivity index (χ1) is 17.3. The number of rotatable bonds is 11. The molecule has 4 rings (SSSR count). The topological polar surface area (TPSA) is 115 Å². The van der Waals surface area contributed by atoms with Gasteiger partial charge in [0, 0.05) is 11.4 Å². The van der Waals surface area contributed by atoms with Crippen molar-refractivity contribution in [2.75, 3.05) is 13.7 Å². The normalized spacial score (nSPS) is 14.6. The molecule has 190 valence electrons. The van der Waals surface area contributed by atoms with Crippen molar-refractivity contribution >= 4 is 34.3 Å². The van der Waals surface area contributed by atoms with Gasteiger partial charge in [-0.3, -0.25) is 14.3 Å². The molecule has 0 aliphatic heterocycles. The maximum Gasteiger partial charge on any atom is 0.283 e. The monoisotopic (exact) mass is 526 g/mol. The van der Waals surface area contributed by atoms with Gasteiger partial charge in [0.2, 0.25) is 5.91 Å². The van der Waals surface area contributed by atoms with Crippen LogP contribution in [0.15, 0.2) is 54.6 Å². The zero-order chi connectivity index (χ0) is 25.7. The molecule has 0 saturated heterocycles. The Morgan fingerprint density at radius 1 is 1.17 bits per heavy atom. The van der Waals surface area contributed by atoms with E-state index in [1.807, 2.05) is 47.4 Å². The average Bonchev–Trinajstić information content (AvgIpc) is 3.60. The van der Waals surface area contributed by atoms with Gasteiger partial charge in [0.15, 0.2) is 11.2 Å². The van der Waals surface area contributed by atoms with Crippen LogP contribution in [0.25, 0.3) is 0 Å². The zero-order valence-corrected chi connectivity index (χ0v) is 22.0. The molecule has 1 heterocycles. The molecule has 3 aromatic rings. The van der Waals surface area contributed by atoms with Gasteiger partial charge in [0.1, 0.15) is 16.5 Å². The number of nitrogens with zero attached hydrogens (tertiary/aromatic N) is 2. The number of thiazole rings is 1. The number of aromatic nitrogens is 1. The molecule has 36 heavy (non-hydrogen) atoms. The molecule has 1 atom stereocenters. The Bertz CT molecular complexity index is 1240. The molecule has 10 heteroatoms. The van der Waals surface area contributed by atoms with Crippen LogP contribution < -0.4 is 14.6 Å². The van der Waals surface area contributed by atoms with Crippen LogP contribution >= 0.6 is 11.3 Å². The summed E-state index contributed by atoms with van der Waals surface area (Å²) < 4.78 is 18.7. The van der Waals surface area contributed by atoms with Gasteiger partial charge in [-0.25, -0.2) is 14.3 Å². The van der Waals surface area contributed by atoms with E-state index in [9.17, 15) is 13.8 Å². The number of methoxy groups -OCH3 is 1. The summed E-state index contributed by atoms with van der Waals surface area (Å²) in [6.45, 7) is 2.64. The fourth-order valence-corrected chi connectivity index (χ4v) is 5.59. The highest BCUT2D eigenvalue weighted by Gasteiger charge is 2.53. The second-order valence-electron chi connectivity index (χ2n) is 8.87. The standard InChI is InChI=1S/C26H30N4O4S2/c1-18-23(24(31)29-36(27)33)28-22(35-18)17-30(16-6-9-19-7-4-3-5-8-19)25(32)26(14-15-26)20-10-12-21(34-2)13-11-20/h3-5,7-8,10-13H,6,9,14-17,27H2,1-2H3,(H,29,31). The van der Waals surface area contributed by atoms with E-state index >= 15 is 0 Å². The van der Waals surface area contributed by atoms with Gasteiger partial charge >= 0.3 is 0 Å². The second kappa shape index (κ2) is 11.3. The average molecular weight is 527 g/mol. The SMILES string of the molecule is COc1ccc(C2(C(=O)N(CCCc3ccccc3)Cc3nc(C(=O)NS(N)=O)c(C)s3)CC2)cc1. The molecule has 0 spiro atoms. The quantitative estimate of drug-likeness (QED) is 0.397. The van der Waals surface area contributed by atoms with Gasteiger partial charge in [0.25, 0.3) is 5.91 Å². The van der Waals surface area contributed by atoms with E-state index in [4.69, 9.17) is 9.88 Å². The summed E-state index contributed by atoms with van der Waals surface area (Å²) in [7, 11) is 1.62. The molecule has 1 unspecified atom stereocenters. The third-order valence-electron chi connectivity index (χ3n) is 6.40. The van der Waals surface area contributed by atoms with Crippen LogP contribution in [0.2, 0.25) is 0 Å². The molecule has 1 saturated carbocycles. The number of hydrogen-bond acceptors (Lipinski definition) is 6. The molecule has 1 fully saturated rings. The van der Waals surface area contributed by atoms with Crippen LogP contribution in [0.5, 0.6) is 5.75 Å². The minimum atomic E-state index is -1.97. The molecule has 1 aliphatic carbocycles. The first-order valence-electron chi connectivity index (χ1n) is 11.7. The molecule has 1 aromatic heterocycles. The van der Waals surface area contributed by atoms with E-state index in [0.717, 1.165) is 37.0 Å². The van der Waals surface area contributed by atoms with Crippen LogP contribution in [0.4, 0.5) is 0 Å². The predicted molar refractivity (Wildman–Crippen MR) is 141 cm³/mol. The minimum Gasteiger partial charge on any atom is -0.497 e. The van der Waals surface area contributed by atoms with E-state index in [2.05, 4.69) is 21.8 Å². The molecule has 2 amide bonds. The Hall–Kier alpha value is -3.08. The zero-order valence-electron chi connectivity index (χ0n) is 20.4. The summed E-state index contributed by atoms with van der Waals surface area (Å²) in [5, 5.41) is 5.85. The highest BCUT2D eigenvalue weighted by molar-refractivity contribution is 7.81. The van der Waals surface area contributed by atoms with E-state index in [0.29, 0.717) is 23.0 Å². The van der Waals surface area contributed by atoms with Crippen molar-refractivity contribution in [3.63, 3.8) is 0 Å². The van der Waals surface area contributed by atoms with Crippen molar-refractivity contribution in [1.29, 1.82) is 0 Å². The lowest BCUT2D eigenvalue weighted by Gasteiger charge is -2.27. The molecule has 3 N–H and O–H groups in total. The molecule has 0 radical (unpaired) electrons. The van der Waals surface area contributed by atoms with E-state index in [-0.39, 0.29) is 11.6 Å². The van der Waals surface area contributed by atoms with Crippen molar-refractivity contribution in [3.8, 4) is 5.75 Å². The molecular formula is C26H30N4O4S2. The third kappa shape index (κ3) is 6.00. The van der Waals surface area contributed by atoms with Gasteiger partial charge in [-0.2, -0.15) is 0 Å². The van der Waals surface area contributed by atoms with Crippen molar-refractivity contribution in [2.24, 2.45) is 5.14 Å². The lowest BCUT2D eigenvalue weighted by atomic mass is 9.94. The van der Waals surface area contributed by atoms with Crippen LogP contribution in [0.3, 0.4) is 0 Å². The van der Waals surface area contributed by atoms with Crippen LogP contribution in [0, 0.1) is 6.92 Å². The van der Waals surface area contributed by atoms with Crippen molar-refractivity contribution in [2.45, 2.75) is 44.6 Å². The fraction of sp³-hybridized carbons (Fsp3) is 0.346. The van der Waals surface area contributed by atoms with Gasteiger partial charge in [0.05, 0.1) is 19.1 Å². The van der Waals surface area contributed by atoms with E-state index in [1.165, 1.54) is 16.9 Å². The summed E-state index contributed by atoms with van der Waals surface area (Å²) in [4.78, 5) is 33.2. The number of nitrogens with two attached hydrogens (primary N) is 1. The van der Waals surface area contributed by atoms with E-state index in [1.54, 1.807) is 14.0 Å². The van der Waals surface area contributed by atoms with Gasteiger partial charge < -0.3 is 9.64 Å². The molecule has 2 aromatic carbocycles. The molecular weight excluding hydrogens is 496 g/mol. The number of amides is 2. The number of benzene rings is 2. The summed E-state index contributed by atoms with van der Waals surface area (Å²) in [6.07, 6.45) is 3.24. The van der Waals surface area contributed by atoms with Crippen LogP contribution in [-0.2, 0) is 34.3 Å². The second-order valence-corrected chi connectivity index (χ2v) is 11.0. The number of carbonyl (C=O) groups excluding carboxylic acids is 2. The van der Waals surface area contributed by atoms with Crippen LogP contribution in [0.1, 0.15) is 50.8 Å². The Morgan fingerprint density at radius 3 is 2.47 bits per heavy atom. The predicted octanol–water partition coefficient (Wildman–Crippen LogP) is 3.42. The van der Waals surface area contributed by atoms with Crippen LogP contribution in [-0.4, -0.2) is 39.6 Å². The Kier molecular flexibility index (Phi) is 8.17. The van der Waals surface area contributed by atoms with Gasteiger partial charge in [-0.05, 0) is 55.9 Å². The van der Waals surface area contributed by atoms with Gasteiger partial charge in [-0.1, -0.05) is 42.5 Å². The smallest absolute Gasteiger partial charge is 0.283 e. The Morgan fingerprint density at radius 2 is 1.86 bits per heavy atom. The number of ether oxygens (including phenoxy) is 1. The number of hydrogen-bond donors (Lipinski definition) is 2. The third-order valence-corrected chi connectivity index (χ3v) is 7.74.